The largest absolute Gasteiger partial charge is 0.375 e. The standard InChI is InChI=1S/C15H21BrN2O/c1-11-10-18(6-7-19-11)15-5-2-12(8-14(15)16)9-17-13-3-4-13/h2,5,8,11,13,17H,3-4,6-7,9-10H2,1H3. The van der Waals surface area contributed by atoms with E-state index in [1.165, 1.54) is 28.6 Å². The van der Waals surface area contributed by atoms with Crippen molar-refractivity contribution in [3.8, 4) is 0 Å². The number of morpholine rings is 1. The zero-order chi connectivity index (χ0) is 13.2. The molecule has 3 nitrogen and oxygen atoms in total. The average Bonchev–Trinajstić information content (AvgIpc) is 3.20. The van der Waals surface area contributed by atoms with E-state index in [4.69, 9.17) is 4.74 Å². The molecule has 1 aromatic carbocycles. The molecule has 1 atom stereocenters. The van der Waals surface area contributed by atoms with Crippen molar-refractivity contribution in [2.24, 2.45) is 0 Å². The van der Waals surface area contributed by atoms with Crippen LogP contribution in [0.25, 0.3) is 0 Å². The third kappa shape index (κ3) is 3.50. The quantitative estimate of drug-likeness (QED) is 0.921. The van der Waals surface area contributed by atoms with E-state index < -0.39 is 0 Å². The van der Waals surface area contributed by atoms with Gasteiger partial charge in [-0.25, -0.2) is 0 Å². The van der Waals surface area contributed by atoms with Crippen molar-refractivity contribution in [2.45, 2.75) is 38.5 Å². The highest BCUT2D eigenvalue weighted by Crippen LogP contribution is 2.29. The number of halogens is 1. The maximum absolute atomic E-state index is 5.60. The first-order valence-corrected chi connectivity index (χ1v) is 7.90. The topological polar surface area (TPSA) is 24.5 Å². The van der Waals surface area contributed by atoms with Gasteiger partial charge in [0.05, 0.1) is 18.4 Å². The molecule has 2 aliphatic rings. The Morgan fingerprint density at radius 1 is 1.42 bits per heavy atom. The highest BCUT2D eigenvalue weighted by Gasteiger charge is 2.21. The van der Waals surface area contributed by atoms with Crippen molar-refractivity contribution in [1.29, 1.82) is 0 Å². The number of hydrogen-bond acceptors (Lipinski definition) is 3. The molecule has 3 rings (SSSR count). The van der Waals surface area contributed by atoms with Gasteiger partial charge < -0.3 is 15.0 Å². The molecule has 104 valence electrons. The summed E-state index contributed by atoms with van der Waals surface area (Å²) in [7, 11) is 0. The van der Waals surface area contributed by atoms with E-state index in [9.17, 15) is 0 Å². The van der Waals surface area contributed by atoms with Gasteiger partial charge in [0.1, 0.15) is 0 Å². The molecule has 1 saturated heterocycles. The number of hydrogen-bond donors (Lipinski definition) is 1. The molecule has 1 heterocycles. The van der Waals surface area contributed by atoms with Gasteiger partial charge in [0.25, 0.3) is 0 Å². The fourth-order valence-corrected chi connectivity index (χ4v) is 3.18. The number of rotatable bonds is 4. The Balaban J connectivity index is 1.67. The van der Waals surface area contributed by atoms with E-state index in [1.54, 1.807) is 0 Å². The highest BCUT2D eigenvalue weighted by atomic mass is 79.9. The van der Waals surface area contributed by atoms with Gasteiger partial charge in [-0.1, -0.05) is 6.07 Å². The van der Waals surface area contributed by atoms with E-state index in [0.717, 1.165) is 32.3 Å². The minimum Gasteiger partial charge on any atom is -0.375 e. The van der Waals surface area contributed by atoms with Crippen molar-refractivity contribution in [1.82, 2.24) is 5.32 Å². The molecular weight excluding hydrogens is 304 g/mol. The maximum atomic E-state index is 5.60. The Morgan fingerprint density at radius 2 is 2.26 bits per heavy atom. The maximum Gasteiger partial charge on any atom is 0.0722 e. The Labute approximate surface area is 123 Å². The van der Waals surface area contributed by atoms with Crippen LogP contribution in [0.4, 0.5) is 5.69 Å². The van der Waals surface area contributed by atoms with Gasteiger partial charge >= 0.3 is 0 Å². The first kappa shape index (κ1) is 13.4. The fourth-order valence-electron chi connectivity index (χ4n) is 2.50. The summed E-state index contributed by atoms with van der Waals surface area (Å²) >= 11 is 3.71. The number of ether oxygens (including phenoxy) is 1. The molecule has 0 spiro atoms. The van der Waals surface area contributed by atoms with Crippen LogP contribution >= 0.6 is 15.9 Å². The van der Waals surface area contributed by atoms with Gasteiger partial charge in [-0.05, 0) is 53.4 Å². The fraction of sp³-hybridized carbons (Fsp3) is 0.600. The molecule has 4 heteroatoms. The molecule has 1 aliphatic heterocycles. The third-order valence-corrected chi connectivity index (χ3v) is 4.40. The summed E-state index contributed by atoms with van der Waals surface area (Å²) in [5.41, 5.74) is 2.63. The van der Waals surface area contributed by atoms with Gasteiger partial charge in [0, 0.05) is 30.1 Å². The van der Waals surface area contributed by atoms with Crippen LogP contribution in [-0.4, -0.2) is 31.8 Å². The number of anilines is 1. The van der Waals surface area contributed by atoms with Crippen LogP contribution in [0.1, 0.15) is 25.3 Å². The molecule has 1 saturated carbocycles. The first-order valence-electron chi connectivity index (χ1n) is 7.11. The summed E-state index contributed by atoms with van der Waals surface area (Å²) in [6.07, 6.45) is 2.99. The first-order chi connectivity index (χ1) is 9.22. The molecule has 2 fully saturated rings. The van der Waals surface area contributed by atoms with Gasteiger partial charge in [0.2, 0.25) is 0 Å². The third-order valence-electron chi connectivity index (χ3n) is 3.77. The van der Waals surface area contributed by atoms with Crippen LogP contribution in [0.2, 0.25) is 0 Å². The van der Waals surface area contributed by atoms with E-state index >= 15 is 0 Å². The summed E-state index contributed by atoms with van der Waals surface area (Å²) in [4.78, 5) is 2.40. The molecule has 1 unspecified atom stereocenters. The van der Waals surface area contributed by atoms with Gasteiger partial charge in [0.15, 0.2) is 0 Å². The summed E-state index contributed by atoms with van der Waals surface area (Å²) < 4.78 is 6.79. The normalized spacial score (nSPS) is 23.7. The van der Waals surface area contributed by atoms with Gasteiger partial charge in [-0.3, -0.25) is 0 Å². The van der Waals surface area contributed by atoms with Crippen LogP contribution in [0.5, 0.6) is 0 Å². The zero-order valence-corrected chi connectivity index (χ0v) is 12.9. The molecule has 1 aliphatic carbocycles. The Morgan fingerprint density at radius 3 is 2.95 bits per heavy atom. The Hall–Kier alpha value is -0.580. The minimum absolute atomic E-state index is 0.317. The lowest BCUT2D eigenvalue weighted by atomic mass is 10.1. The lowest BCUT2D eigenvalue weighted by molar-refractivity contribution is 0.0532. The predicted molar refractivity (Wildman–Crippen MR) is 81.6 cm³/mol. The molecule has 1 aromatic rings. The van der Waals surface area contributed by atoms with E-state index in [1.807, 2.05) is 0 Å². The van der Waals surface area contributed by atoms with Crippen molar-refractivity contribution < 1.29 is 4.74 Å². The van der Waals surface area contributed by atoms with Crippen LogP contribution in [-0.2, 0) is 11.3 Å². The second kappa shape index (κ2) is 5.81. The molecule has 19 heavy (non-hydrogen) atoms. The molecule has 0 bridgehead atoms. The van der Waals surface area contributed by atoms with Gasteiger partial charge in [-0.2, -0.15) is 0 Å². The zero-order valence-electron chi connectivity index (χ0n) is 11.4. The monoisotopic (exact) mass is 324 g/mol. The highest BCUT2D eigenvalue weighted by molar-refractivity contribution is 9.10. The average molecular weight is 325 g/mol. The molecule has 0 radical (unpaired) electrons. The summed E-state index contributed by atoms with van der Waals surface area (Å²) in [6.45, 7) is 5.87. The second-order valence-electron chi connectivity index (χ2n) is 5.57. The SMILES string of the molecule is CC1CN(c2ccc(CNC3CC3)cc2Br)CCO1. The van der Waals surface area contributed by atoms with E-state index in [0.29, 0.717) is 6.10 Å². The van der Waals surface area contributed by atoms with Crippen molar-refractivity contribution in [2.75, 3.05) is 24.6 Å². The summed E-state index contributed by atoms with van der Waals surface area (Å²) in [6, 6.07) is 7.46. The van der Waals surface area contributed by atoms with Crippen LogP contribution in [0.3, 0.4) is 0 Å². The van der Waals surface area contributed by atoms with Crippen LogP contribution in [0, 0.1) is 0 Å². The summed E-state index contributed by atoms with van der Waals surface area (Å²) in [5, 5.41) is 3.55. The Kier molecular flexibility index (Phi) is 4.10. The molecule has 0 aromatic heterocycles. The molecule has 1 N–H and O–H groups in total. The van der Waals surface area contributed by atoms with Crippen molar-refractivity contribution >= 4 is 21.6 Å². The van der Waals surface area contributed by atoms with Crippen molar-refractivity contribution in [3.63, 3.8) is 0 Å². The van der Waals surface area contributed by atoms with E-state index in [-0.39, 0.29) is 0 Å². The number of nitrogens with zero attached hydrogens (tertiary/aromatic N) is 1. The summed E-state index contributed by atoms with van der Waals surface area (Å²) in [5.74, 6) is 0. The second-order valence-corrected chi connectivity index (χ2v) is 6.42. The molecular formula is C15H21BrN2O. The smallest absolute Gasteiger partial charge is 0.0722 e. The van der Waals surface area contributed by atoms with Crippen molar-refractivity contribution in [3.05, 3.63) is 28.2 Å². The Bertz CT molecular complexity index is 448. The predicted octanol–water partition coefficient (Wildman–Crippen LogP) is 2.93. The number of nitrogens with one attached hydrogen (secondary N) is 1. The molecule has 0 amide bonds. The number of benzene rings is 1. The lowest BCUT2D eigenvalue weighted by Crippen LogP contribution is -2.41. The minimum atomic E-state index is 0.317. The van der Waals surface area contributed by atoms with E-state index in [2.05, 4.69) is 51.3 Å². The van der Waals surface area contributed by atoms with Crippen LogP contribution in [0.15, 0.2) is 22.7 Å². The van der Waals surface area contributed by atoms with Crippen LogP contribution < -0.4 is 10.2 Å². The van der Waals surface area contributed by atoms with Gasteiger partial charge in [-0.15, -0.1) is 0 Å². The lowest BCUT2D eigenvalue weighted by Gasteiger charge is -2.33.